The van der Waals surface area contributed by atoms with Gasteiger partial charge in [-0.1, -0.05) is 0 Å². The Hall–Kier alpha value is -0.730. The predicted molar refractivity (Wildman–Crippen MR) is 84.9 cm³/mol. The van der Waals surface area contributed by atoms with Gasteiger partial charge in [-0.05, 0) is 44.0 Å². The molecule has 0 bridgehead atoms. The third-order valence-electron chi connectivity index (χ3n) is 2.98. The van der Waals surface area contributed by atoms with Gasteiger partial charge in [-0.15, -0.1) is 22.7 Å². The molecule has 0 saturated heterocycles. The molecule has 0 aliphatic heterocycles. The van der Waals surface area contributed by atoms with Crippen LogP contribution in [0.15, 0.2) is 22.4 Å². The largest absolute Gasteiger partial charge is 0.315 e. The minimum Gasteiger partial charge on any atom is -0.315 e. The molecule has 4 nitrogen and oxygen atoms in total. The molecule has 0 atom stereocenters. The van der Waals surface area contributed by atoms with E-state index in [-0.39, 0.29) is 0 Å². The molecule has 110 valence electrons. The fourth-order valence-electron chi connectivity index (χ4n) is 1.84. The lowest BCUT2D eigenvalue weighted by atomic mass is 10.3. The summed E-state index contributed by atoms with van der Waals surface area (Å²) in [5.41, 5.74) is 1.20. The number of rotatable bonds is 6. The van der Waals surface area contributed by atoms with Crippen LogP contribution < -0.4 is 10.0 Å². The van der Waals surface area contributed by atoms with Gasteiger partial charge in [0.2, 0.25) is 10.0 Å². The van der Waals surface area contributed by atoms with Crippen LogP contribution in [-0.2, 0) is 23.1 Å². The molecule has 0 spiro atoms. The molecule has 0 unspecified atom stereocenters. The second-order valence-electron chi connectivity index (χ2n) is 4.51. The SMILES string of the molecule is CNCc1sccc1S(=O)(=O)NCc1cc(C)c(C)s1. The minimum absolute atomic E-state index is 0.344. The zero-order valence-electron chi connectivity index (χ0n) is 11.7. The van der Waals surface area contributed by atoms with Crippen LogP contribution >= 0.6 is 22.7 Å². The summed E-state index contributed by atoms with van der Waals surface area (Å²) < 4.78 is 27.3. The molecule has 0 aliphatic rings. The van der Waals surface area contributed by atoms with Crippen LogP contribution in [0.5, 0.6) is 0 Å². The summed E-state index contributed by atoms with van der Waals surface area (Å²) in [5.74, 6) is 0. The van der Waals surface area contributed by atoms with Crippen LogP contribution in [-0.4, -0.2) is 15.5 Å². The molecular formula is C13H18N2O2S3. The van der Waals surface area contributed by atoms with Gasteiger partial charge in [-0.3, -0.25) is 0 Å². The molecule has 0 saturated carbocycles. The predicted octanol–water partition coefficient (Wildman–Crippen LogP) is 2.62. The molecule has 7 heteroatoms. The molecule has 0 aliphatic carbocycles. The molecule has 2 aromatic rings. The van der Waals surface area contributed by atoms with Crippen molar-refractivity contribution in [1.29, 1.82) is 0 Å². The first-order valence-electron chi connectivity index (χ1n) is 6.20. The molecule has 2 heterocycles. The highest BCUT2D eigenvalue weighted by Crippen LogP contribution is 2.24. The van der Waals surface area contributed by atoms with Gasteiger partial charge in [0, 0.05) is 27.7 Å². The second kappa shape index (κ2) is 6.36. The highest BCUT2D eigenvalue weighted by molar-refractivity contribution is 7.89. The molecule has 2 aromatic heterocycles. The van der Waals surface area contributed by atoms with Crippen LogP contribution in [0, 0.1) is 13.8 Å². The Morgan fingerprint density at radius 3 is 2.60 bits per heavy atom. The maximum absolute atomic E-state index is 12.3. The third kappa shape index (κ3) is 3.48. The Morgan fingerprint density at radius 2 is 2.00 bits per heavy atom. The molecule has 0 aromatic carbocycles. The van der Waals surface area contributed by atoms with Crippen molar-refractivity contribution in [2.45, 2.75) is 31.8 Å². The van der Waals surface area contributed by atoms with E-state index in [1.54, 1.807) is 29.8 Å². The van der Waals surface area contributed by atoms with Crippen molar-refractivity contribution in [2.24, 2.45) is 0 Å². The number of hydrogen-bond donors (Lipinski definition) is 2. The molecule has 0 amide bonds. The summed E-state index contributed by atoms with van der Waals surface area (Å²) >= 11 is 3.08. The first kappa shape index (κ1) is 15.7. The van der Waals surface area contributed by atoms with Gasteiger partial charge in [0.15, 0.2) is 0 Å². The van der Waals surface area contributed by atoms with Crippen LogP contribution in [0.2, 0.25) is 0 Å². The van der Waals surface area contributed by atoms with Gasteiger partial charge in [0.05, 0.1) is 4.90 Å². The van der Waals surface area contributed by atoms with Crippen molar-refractivity contribution in [3.8, 4) is 0 Å². The zero-order valence-corrected chi connectivity index (χ0v) is 14.1. The molecule has 2 rings (SSSR count). The summed E-state index contributed by atoms with van der Waals surface area (Å²) in [6, 6.07) is 3.69. The second-order valence-corrected chi connectivity index (χ2v) is 8.59. The van der Waals surface area contributed by atoms with Crippen molar-refractivity contribution in [3.63, 3.8) is 0 Å². The topological polar surface area (TPSA) is 58.2 Å². The summed E-state index contributed by atoms with van der Waals surface area (Å²) in [4.78, 5) is 3.47. The van der Waals surface area contributed by atoms with E-state index in [2.05, 4.69) is 10.0 Å². The van der Waals surface area contributed by atoms with Gasteiger partial charge in [0.25, 0.3) is 0 Å². The average molecular weight is 331 g/mol. The highest BCUT2D eigenvalue weighted by Gasteiger charge is 2.19. The van der Waals surface area contributed by atoms with Gasteiger partial charge in [-0.2, -0.15) is 0 Å². The molecule has 20 heavy (non-hydrogen) atoms. The summed E-state index contributed by atoms with van der Waals surface area (Å²) in [7, 11) is -1.64. The Labute approximate surface area is 127 Å². The number of sulfonamides is 1. The van der Waals surface area contributed by atoms with E-state index in [9.17, 15) is 8.42 Å². The Balaban J connectivity index is 2.13. The lowest BCUT2D eigenvalue weighted by molar-refractivity contribution is 0.580. The molecule has 2 N–H and O–H groups in total. The third-order valence-corrected chi connectivity index (χ3v) is 6.67. The van der Waals surface area contributed by atoms with E-state index in [1.165, 1.54) is 21.8 Å². The van der Waals surface area contributed by atoms with Crippen molar-refractivity contribution in [3.05, 3.63) is 37.7 Å². The lowest BCUT2D eigenvalue weighted by Crippen LogP contribution is -2.23. The standard InChI is InChI=1S/C13H18N2O2S3/c1-9-6-11(19-10(9)2)7-15-20(16,17)13-4-5-18-12(13)8-14-3/h4-6,14-15H,7-8H2,1-3H3. The Morgan fingerprint density at radius 1 is 1.25 bits per heavy atom. The molecule has 0 radical (unpaired) electrons. The van der Waals surface area contributed by atoms with Crippen molar-refractivity contribution in [2.75, 3.05) is 7.05 Å². The number of thiophene rings is 2. The van der Waals surface area contributed by atoms with Gasteiger partial charge in [-0.25, -0.2) is 13.1 Å². The average Bonchev–Trinajstić information content (AvgIpc) is 2.96. The Kier molecular flexibility index (Phi) is 4.98. The lowest BCUT2D eigenvalue weighted by Gasteiger charge is -2.06. The van der Waals surface area contributed by atoms with Crippen molar-refractivity contribution in [1.82, 2.24) is 10.0 Å². The number of nitrogens with one attached hydrogen (secondary N) is 2. The quantitative estimate of drug-likeness (QED) is 0.856. The van der Waals surface area contributed by atoms with Crippen LogP contribution in [0.3, 0.4) is 0 Å². The van der Waals surface area contributed by atoms with Gasteiger partial charge < -0.3 is 5.32 Å². The van der Waals surface area contributed by atoms with E-state index in [4.69, 9.17) is 0 Å². The van der Waals surface area contributed by atoms with Gasteiger partial charge in [0.1, 0.15) is 0 Å². The summed E-state index contributed by atoms with van der Waals surface area (Å²) in [6.45, 7) is 4.98. The molecular weight excluding hydrogens is 312 g/mol. The van der Waals surface area contributed by atoms with E-state index in [1.807, 2.05) is 19.9 Å². The first-order chi connectivity index (χ1) is 9.44. The smallest absolute Gasteiger partial charge is 0.242 e. The highest BCUT2D eigenvalue weighted by atomic mass is 32.2. The maximum Gasteiger partial charge on any atom is 0.242 e. The monoisotopic (exact) mass is 330 g/mol. The maximum atomic E-state index is 12.3. The van der Waals surface area contributed by atoms with Crippen LogP contribution in [0.25, 0.3) is 0 Å². The van der Waals surface area contributed by atoms with E-state index >= 15 is 0 Å². The summed E-state index contributed by atoms with van der Waals surface area (Å²) in [5, 5.41) is 4.79. The van der Waals surface area contributed by atoms with E-state index in [0.717, 1.165) is 9.75 Å². The van der Waals surface area contributed by atoms with E-state index < -0.39 is 10.0 Å². The normalized spacial score (nSPS) is 11.9. The van der Waals surface area contributed by atoms with Crippen LogP contribution in [0.4, 0.5) is 0 Å². The molecule has 0 fully saturated rings. The summed E-state index contributed by atoms with van der Waals surface area (Å²) in [6.07, 6.45) is 0. The zero-order chi connectivity index (χ0) is 14.8. The number of aryl methyl sites for hydroxylation is 2. The van der Waals surface area contributed by atoms with E-state index in [0.29, 0.717) is 18.0 Å². The fourth-order valence-corrected chi connectivity index (χ4v) is 5.38. The first-order valence-corrected chi connectivity index (χ1v) is 9.38. The van der Waals surface area contributed by atoms with Crippen molar-refractivity contribution < 1.29 is 8.42 Å². The van der Waals surface area contributed by atoms with Crippen molar-refractivity contribution >= 4 is 32.7 Å². The number of hydrogen-bond acceptors (Lipinski definition) is 5. The van der Waals surface area contributed by atoms with Crippen LogP contribution in [0.1, 0.15) is 20.2 Å². The minimum atomic E-state index is -3.44. The fraction of sp³-hybridized carbons (Fsp3) is 0.385. The van der Waals surface area contributed by atoms with Gasteiger partial charge >= 0.3 is 0 Å². The Bertz CT molecular complexity index is 667.